The molecule has 2 aliphatic rings. The molecule has 3 aromatic rings. The van der Waals surface area contributed by atoms with Gasteiger partial charge >= 0.3 is 0 Å². The number of benzene rings is 1. The average Bonchev–Trinajstić information content (AvgIpc) is 3.18. The van der Waals surface area contributed by atoms with Crippen LogP contribution in [0.4, 0.5) is 11.6 Å². The summed E-state index contributed by atoms with van der Waals surface area (Å²) in [7, 11) is 1.56. The molecule has 0 spiro atoms. The number of aromatic nitrogens is 3. The van der Waals surface area contributed by atoms with Gasteiger partial charge in [0, 0.05) is 42.9 Å². The topological polar surface area (TPSA) is 98.3 Å². The Kier molecular flexibility index (Phi) is 6.38. The summed E-state index contributed by atoms with van der Waals surface area (Å²) >= 11 is 0. The number of fused-ring (bicyclic) bond motifs is 1. The van der Waals surface area contributed by atoms with Gasteiger partial charge in [0.15, 0.2) is 5.75 Å². The molecule has 5 rings (SSSR count). The van der Waals surface area contributed by atoms with E-state index in [1.807, 2.05) is 24.4 Å². The van der Waals surface area contributed by atoms with Crippen LogP contribution in [0.25, 0.3) is 11.3 Å². The average molecular weight is 474 g/mol. The molecular formula is C27H31N5O3. The number of para-hydroxylation sites is 1. The highest BCUT2D eigenvalue weighted by molar-refractivity contribution is 5.99. The van der Waals surface area contributed by atoms with Crippen LogP contribution in [0.5, 0.6) is 5.75 Å². The Balaban J connectivity index is 1.39. The van der Waals surface area contributed by atoms with E-state index in [1.54, 1.807) is 19.4 Å². The Hall–Kier alpha value is -3.52. The molecule has 0 bridgehead atoms. The number of hydrogen-bond donors (Lipinski definition) is 2. The number of methoxy groups -OCH3 is 1. The second-order valence-corrected chi connectivity index (χ2v) is 9.74. The molecule has 0 saturated carbocycles. The molecule has 0 radical (unpaired) electrons. The second-order valence-electron chi connectivity index (χ2n) is 9.74. The molecule has 1 aliphatic carbocycles. The third-order valence-corrected chi connectivity index (χ3v) is 6.90. The summed E-state index contributed by atoms with van der Waals surface area (Å²) in [6, 6.07) is 9.60. The molecule has 8 nitrogen and oxygen atoms in total. The maximum atomic E-state index is 13.0. The first kappa shape index (κ1) is 23.2. The molecule has 2 aromatic heterocycles. The molecule has 0 unspecified atom stereocenters. The van der Waals surface area contributed by atoms with E-state index in [9.17, 15) is 4.79 Å². The Labute approximate surface area is 205 Å². The maximum Gasteiger partial charge on any atom is 0.255 e. The number of carbonyl (C=O) groups is 1. The Morgan fingerprint density at radius 2 is 2.00 bits per heavy atom. The molecule has 0 atom stereocenters. The van der Waals surface area contributed by atoms with Crippen molar-refractivity contribution in [1.82, 2.24) is 20.3 Å². The van der Waals surface area contributed by atoms with Gasteiger partial charge in [0.2, 0.25) is 5.95 Å². The SMILES string of the molecule is COc1c(Nc2nccc(-c3cnc4c(c3)C(C)(C)CC4)n2)cccc1C(=O)NC1CCOCC1. The fourth-order valence-corrected chi connectivity index (χ4v) is 4.82. The summed E-state index contributed by atoms with van der Waals surface area (Å²) in [6.45, 7) is 5.84. The van der Waals surface area contributed by atoms with Crippen LogP contribution >= 0.6 is 0 Å². The largest absolute Gasteiger partial charge is 0.494 e. The van der Waals surface area contributed by atoms with Gasteiger partial charge in [-0.05, 0) is 60.9 Å². The van der Waals surface area contributed by atoms with Crippen molar-refractivity contribution in [2.45, 2.75) is 51.0 Å². The number of ether oxygens (including phenoxy) is 2. The summed E-state index contributed by atoms with van der Waals surface area (Å²) in [4.78, 5) is 26.8. The maximum absolute atomic E-state index is 13.0. The zero-order valence-corrected chi connectivity index (χ0v) is 20.4. The Morgan fingerprint density at radius 1 is 1.17 bits per heavy atom. The van der Waals surface area contributed by atoms with Crippen molar-refractivity contribution in [3.63, 3.8) is 0 Å². The lowest BCUT2D eigenvalue weighted by Crippen LogP contribution is -2.39. The van der Waals surface area contributed by atoms with Crippen molar-refractivity contribution in [2.24, 2.45) is 0 Å². The smallest absolute Gasteiger partial charge is 0.255 e. The van der Waals surface area contributed by atoms with E-state index in [2.05, 4.69) is 35.5 Å². The third-order valence-electron chi connectivity index (χ3n) is 6.90. The molecule has 3 heterocycles. The van der Waals surface area contributed by atoms with E-state index in [-0.39, 0.29) is 17.4 Å². The van der Waals surface area contributed by atoms with E-state index in [1.165, 1.54) is 11.3 Å². The number of carbonyl (C=O) groups excluding carboxylic acids is 1. The Bertz CT molecular complexity index is 1240. The predicted molar refractivity (Wildman–Crippen MR) is 134 cm³/mol. The van der Waals surface area contributed by atoms with Crippen LogP contribution in [-0.2, 0) is 16.6 Å². The first-order chi connectivity index (χ1) is 16.9. The summed E-state index contributed by atoms with van der Waals surface area (Å²) < 4.78 is 11.0. The van der Waals surface area contributed by atoms with Gasteiger partial charge in [0.05, 0.1) is 24.1 Å². The first-order valence-electron chi connectivity index (χ1n) is 12.1. The highest BCUT2D eigenvalue weighted by atomic mass is 16.5. The molecular weight excluding hydrogens is 442 g/mol. The lowest BCUT2D eigenvalue weighted by molar-refractivity contribution is 0.0695. The normalized spacial score (nSPS) is 17.0. The zero-order valence-electron chi connectivity index (χ0n) is 20.4. The van der Waals surface area contributed by atoms with E-state index in [0.29, 0.717) is 36.2 Å². The van der Waals surface area contributed by atoms with Crippen LogP contribution in [0.15, 0.2) is 42.7 Å². The number of anilines is 2. The molecule has 1 fully saturated rings. The van der Waals surface area contributed by atoms with Gasteiger partial charge in [0.1, 0.15) is 0 Å². The highest BCUT2D eigenvalue weighted by Gasteiger charge is 2.31. The molecule has 1 aromatic carbocycles. The predicted octanol–water partition coefficient (Wildman–Crippen LogP) is 4.42. The number of amides is 1. The quantitative estimate of drug-likeness (QED) is 0.547. The number of rotatable bonds is 6. The minimum absolute atomic E-state index is 0.100. The Morgan fingerprint density at radius 3 is 2.80 bits per heavy atom. The number of pyridine rings is 1. The van der Waals surface area contributed by atoms with Gasteiger partial charge in [-0.15, -0.1) is 0 Å². The molecule has 8 heteroatoms. The summed E-state index contributed by atoms with van der Waals surface area (Å²) in [5.74, 6) is 0.702. The molecule has 1 saturated heterocycles. The van der Waals surface area contributed by atoms with Crippen LogP contribution in [0.3, 0.4) is 0 Å². The third kappa shape index (κ3) is 4.84. The van der Waals surface area contributed by atoms with Gasteiger partial charge in [-0.3, -0.25) is 9.78 Å². The molecule has 2 N–H and O–H groups in total. The van der Waals surface area contributed by atoms with E-state index < -0.39 is 0 Å². The van der Waals surface area contributed by atoms with Crippen molar-refractivity contribution in [3.8, 4) is 17.0 Å². The van der Waals surface area contributed by atoms with Gasteiger partial charge in [0.25, 0.3) is 5.91 Å². The number of hydrogen-bond acceptors (Lipinski definition) is 7. The molecule has 1 aliphatic heterocycles. The van der Waals surface area contributed by atoms with Gasteiger partial charge < -0.3 is 20.1 Å². The van der Waals surface area contributed by atoms with Crippen LogP contribution in [0.1, 0.15) is 54.7 Å². The number of nitrogens with zero attached hydrogens (tertiary/aromatic N) is 3. The fourth-order valence-electron chi connectivity index (χ4n) is 4.82. The monoisotopic (exact) mass is 473 g/mol. The van der Waals surface area contributed by atoms with Crippen molar-refractivity contribution in [3.05, 3.63) is 59.5 Å². The fraction of sp³-hybridized carbons (Fsp3) is 0.407. The summed E-state index contributed by atoms with van der Waals surface area (Å²) in [6.07, 6.45) is 7.33. The summed E-state index contributed by atoms with van der Waals surface area (Å²) in [5, 5.41) is 6.33. The first-order valence-corrected chi connectivity index (χ1v) is 12.1. The number of aryl methyl sites for hydroxylation is 1. The van der Waals surface area contributed by atoms with Crippen molar-refractivity contribution in [2.75, 3.05) is 25.6 Å². The van der Waals surface area contributed by atoms with Crippen LogP contribution in [-0.4, -0.2) is 47.2 Å². The van der Waals surface area contributed by atoms with Crippen LogP contribution in [0, 0.1) is 0 Å². The van der Waals surface area contributed by atoms with Crippen LogP contribution in [0.2, 0.25) is 0 Å². The van der Waals surface area contributed by atoms with Crippen molar-refractivity contribution < 1.29 is 14.3 Å². The van der Waals surface area contributed by atoms with Gasteiger partial charge in [-0.25, -0.2) is 9.97 Å². The van der Waals surface area contributed by atoms with E-state index in [4.69, 9.17) is 19.4 Å². The minimum atomic E-state index is -0.168. The molecule has 1 amide bonds. The van der Waals surface area contributed by atoms with E-state index in [0.717, 1.165) is 36.9 Å². The van der Waals surface area contributed by atoms with E-state index >= 15 is 0 Å². The molecule has 182 valence electrons. The highest BCUT2D eigenvalue weighted by Crippen LogP contribution is 2.39. The van der Waals surface area contributed by atoms with Crippen molar-refractivity contribution >= 4 is 17.5 Å². The lowest BCUT2D eigenvalue weighted by atomic mass is 9.86. The van der Waals surface area contributed by atoms with Crippen molar-refractivity contribution in [1.29, 1.82) is 0 Å². The summed E-state index contributed by atoms with van der Waals surface area (Å²) in [5.41, 5.74) is 5.40. The standard InChI is InChI=1S/C27H31N5O3/c1-27(2)11-7-22-20(27)15-17(16-29-22)21-8-12-28-26(31-21)32-23-6-4-5-19(24(23)34-3)25(33)30-18-9-13-35-14-10-18/h4-6,8,12,15-16,18H,7,9-11,13-14H2,1-3H3,(H,30,33)(H,28,31,32). The lowest BCUT2D eigenvalue weighted by Gasteiger charge is -2.23. The number of nitrogens with one attached hydrogen (secondary N) is 2. The minimum Gasteiger partial charge on any atom is -0.494 e. The van der Waals surface area contributed by atoms with Gasteiger partial charge in [-0.1, -0.05) is 19.9 Å². The second kappa shape index (κ2) is 9.62. The zero-order chi connectivity index (χ0) is 24.4. The molecule has 35 heavy (non-hydrogen) atoms. The van der Waals surface area contributed by atoms with Crippen LogP contribution < -0.4 is 15.4 Å². The van der Waals surface area contributed by atoms with Gasteiger partial charge in [-0.2, -0.15) is 0 Å².